The number of para-hydroxylation sites is 2. The fourth-order valence-electron chi connectivity index (χ4n) is 6.49. The number of rotatable bonds is 19. The van der Waals surface area contributed by atoms with Gasteiger partial charge in [-0.25, -0.2) is 19.5 Å². The number of aryl methyl sites for hydroxylation is 1. The molecule has 0 radical (unpaired) electrons. The molecule has 0 N–H and O–H groups in total. The molecule has 1 saturated heterocycles. The van der Waals surface area contributed by atoms with Crippen LogP contribution < -0.4 is 4.90 Å². The Bertz CT molecular complexity index is 1320. The summed E-state index contributed by atoms with van der Waals surface area (Å²) in [5.41, 5.74) is 2.20. The third kappa shape index (κ3) is 12.6. The summed E-state index contributed by atoms with van der Waals surface area (Å²) in [6, 6.07) is 9.65. The summed E-state index contributed by atoms with van der Waals surface area (Å²) in [7, 11) is 2.13. The molecule has 2 aliphatic rings. The van der Waals surface area contributed by atoms with E-state index in [2.05, 4.69) is 29.8 Å². The number of carbonyl (C=O) groups is 2. The number of benzene rings is 1. The second-order valence-corrected chi connectivity index (χ2v) is 14.8. The molecule has 1 unspecified atom stereocenters. The first kappa shape index (κ1) is 38.7. The molecule has 1 aromatic carbocycles. The average Bonchev–Trinajstić information content (AvgIpc) is 3.40. The van der Waals surface area contributed by atoms with Gasteiger partial charge in [-0.1, -0.05) is 115 Å². The number of fused-ring (bicyclic) bond motifs is 2. The van der Waals surface area contributed by atoms with Gasteiger partial charge in [-0.05, 0) is 38.6 Å². The average molecular weight is 697 g/mol. The van der Waals surface area contributed by atoms with Crippen molar-refractivity contribution < 1.29 is 23.8 Å². The van der Waals surface area contributed by atoms with Gasteiger partial charge in [-0.15, -0.1) is 11.3 Å². The van der Waals surface area contributed by atoms with E-state index in [-0.39, 0.29) is 0 Å². The summed E-state index contributed by atoms with van der Waals surface area (Å²) in [6.45, 7) is 9.70. The molecule has 9 nitrogen and oxygen atoms in total. The molecular formula is C39H60N4O5S. The van der Waals surface area contributed by atoms with Gasteiger partial charge in [0.05, 0.1) is 23.5 Å². The number of ether oxygens (including phenoxy) is 3. The van der Waals surface area contributed by atoms with Crippen molar-refractivity contribution in [1.82, 2.24) is 9.80 Å². The van der Waals surface area contributed by atoms with Crippen LogP contribution in [0, 0.1) is 6.92 Å². The second-order valence-electron chi connectivity index (χ2n) is 13.6. The zero-order valence-corrected chi connectivity index (χ0v) is 31.4. The Morgan fingerprint density at radius 1 is 0.816 bits per heavy atom. The lowest BCUT2D eigenvalue weighted by Crippen LogP contribution is -2.47. The third-order valence-electron chi connectivity index (χ3n) is 9.36. The maximum atomic E-state index is 13.7. The van der Waals surface area contributed by atoms with E-state index >= 15 is 0 Å². The number of hydrogen-bond acceptors (Lipinski definition) is 9. The number of amidine groups is 1. The number of likely N-dealkylation sites (N-methyl/N-ethyl adjacent to an activating group) is 1. The van der Waals surface area contributed by atoms with Gasteiger partial charge >= 0.3 is 12.2 Å². The Hall–Kier alpha value is -3.11. The molecule has 49 heavy (non-hydrogen) atoms. The summed E-state index contributed by atoms with van der Waals surface area (Å²) in [5.74, 6) is 0.858. The van der Waals surface area contributed by atoms with Gasteiger partial charge < -0.3 is 24.0 Å². The molecule has 2 aromatic rings. The SMILES string of the molecule is CCCCCCCCCCCCCCCCCCOC(=O)OC(C)OC(=O)N1c2ccccc2N=C(N2CCN(C)CC2)c2cc(C)sc21. The predicted octanol–water partition coefficient (Wildman–Crippen LogP) is 10.7. The van der Waals surface area contributed by atoms with E-state index in [0.717, 1.165) is 66.7 Å². The summed E-state index contributed by atoms with van der Waals surface area (Å²) in [5, 5.41) is 0.739. The topological polar surface area (TPSA) is 83.9 Å². The van der Waals surface area contributed by atoms with E-state index in [1.807, 2.05) is 31.2 Å². The number of amides is 1. The lowest BCUT2D eigenvalue weighted by Gasteiger charge is -2.34. The molecule has 1 atom stereocenters. The first-order valence-corrected chi connectivity index (χ1v) is 19.7. The van der Waals surface area contributed by atoms with Gasteiger partial charge in [0.15, 0.2) is 0 Å². The number of hydrogen-bond donors (Lipinski definition) is 0. The largest absolute Gasteiger partial charge is 0.511 e. The molecule has 0 spiro atoms. The lowest BCUT2D eigenvalue weighted by atomic mass is 10.0. The Labute approximate surface area is 299 Å². The molecule has 2 aliphatic heterocycles. The van der Waals surface area contributed by atoms with E-state index in [0.29, 0.717) is 18.0 Å². The summed E-state index contributed by atoms with van der Waals surface area (Å²) >= 11 is 1.52. The minimum Gasteiger partial charge on any atom is -0.434 e. The molecule has 272 valence electrons. The van der Waals surface area contributed by atoms with Crippen LogP contribution in [-0.2, 0) is 14.2 Å². The summed E-state index contributed by atoms with van der Waals surface area (Å²) < 4.78 is 16.3. The van der Waals surface area contributed by atoms with Gasteiger partial charge in [-0.2, -0.15) is 0 Å². The molecule has 1 amide bonds. The number of piperazine rings is 1. The molecule has 10 heteroatoms. The quantitative estimate of drug-likeness (QED) is 0.0821. The maximum absolute atomic E-state index is 13.7. The van der Waals surface area contributed by atoms with Gasteiger partial charge in [-0.3, -0.25) is 0 Å². The molecule has 0 bridgehead atoms. The van der Waals surface area contributed by atoms with E-state index in [9.17, 15) is 9.59 Å². The number of nitrogens with zero attached hydrogens (tertiary/aromatic N) is 4. The van der Waals surface area contributed by atoms with E-state index in [1.54, 1.807) is 4.90 Å². The number of aliphatic imine (C=N–C) groups is 1. The standard InChI is InChI=1S/C39H60N4O5S/c1-5-6-7-8-9-10-11-12-13-14-15-16-17-18-19-22-29-46-39(45)48-32(3)47-38(44)43-35-24-21-20-23-34(35)40-36(33-30-31(2)49-37(33)43)42-27-25-41(4)26-28-42/h20-21,23-24,30,32H,5-19,22,25-29H2,1-4H3. The van der Waals surface area contributed by atoms with Crippen molar-refractivity contribution in [1.29, 1.82) is 0 Å². The van der Waals surface area contributed by atoms with Crippen molar-refractivity contribution >= 4 is 45.8 Å². The predicted molar refractivity (Wildman–Crippen MR) is 201 cm³/mol. The van der Waals surface area contributed by atoms with Gasteiger partial charge in [0.1, 0.15) is 10.8 Å². The van der Waals surface area contributed by atoms with Crippen molar-refractivity contribution in [2.45, 2.75) is 130 Å². The molecule has 3 heterocycles. The fraction of sp³-hybridized carbons (Fsp3) is 0.667. The van der Waals surface area contributed by atoms with Gasteiger partial charge in [0.2, 0.25) is 6.29 Å². The Morgan fingerprint density at radius 2 is 1.39 bits per heavy atom. The van der Waals surface area contributed by atoms with Gasteiger partial charge in [0, 0.05) is 38.0 Å². The van der Waals surface area contributed by atoms with Crippen molar-refractivity contribution in [3.8, 4) is 0 Å². The molecule has 1 aromatic heterocycles. The van der Waals surface area contributed by atoms with Crippen molar-refractivity contribution in [2.75, 3.05) is 44.7 Å². The van der Waals surface area contributed by atoms with Crippen LogP contribution in [0.25, 0.3) is 0 Å². The minimum atomic E-state index is -1.12. The van der Waals surface area contributed by atoms with Crippen LogP contribution >= 0.6 is 11.3 Å². The van der Waals surface area contributed by atoms with Crippen molar-refractivity contribution in [3.63, 3.8) is 0 Å². The summed E-state index contributed by atoms with van der Waals surface area (Å²) in [6.07, 6.45) is 18.0. The fourth-order valence-corrected chi connectivity index (χ4v) is 7.50. The molecule has 0 aliphatic carbocycles. The zero-order chi connectivity index (χ0) is 34.8. The highest BCUT2D eigenvalue weighted by atomic mass is 32.1. The smallest absolute Gasteiger partial charge is 0.434 e. The van der Waals surface area contributed by atoms with Crippen LogP contribution in [0.1, 0.15) is 127 Å². The number of unbranched alkanes of at least 4 members (excludes halogenated alkanes) is 15. The molecular weight excluding hydrogens is 637 g/mol. The highest BCUT2D eigenvalue weighted by Crippen LogP contribution is 2.44. The first-order valence-electron chi connectivity index (χ1n) is 18.9. The van der Waals surface area contributed by atoms with Crippen LogP contribution in [0.15, 0.2) is 35.3 Å². The number of thiophene rings is 1. The molecule has 4 rings (SSSR count). The Balaban J connectivity index is 1.14. The van der Waals surface area contributed by atoms with E-state index < -0.39 is 18.5 Å². The molecule has 0 saturated carbocycles. The van der Waals surface area contributed by atoms with Crippen LogP contribution in [0.3, 0.4) is 0 Å². The Morgan fingerprint density at radius 3 is 2.00 bits per heavy atom. The van der Waals surface area contributed by atoms with E-state index in [4.69, 9.17) is 19.2 Å². The van der Waals surface area contributed by atoms with Crippen LogP contribution in [0.2, 0.25) is 0 Å². The third-order valence-corrected chi connectivity index (χ3v) is 10.4. The van der Waals surface area contributed by atoms with Crippen LogP contribution in [0.5, 0.6) is 0 Å². The minimum absolute atomic E-state index is 0.293. The van der Waals surface area contributed by atoms with Crippen molar-refractivity contribution in [2.24, 2.45) is 4.99 Å². The first-order chi connectivity index (χ1) is 23.9. The normalized spacial score (nSPS) is 15.2. The second kappa shape index (κ2) is 21.2. The maximum Gasteiger partial charge on any atom is 0.511 e. The number of carbonyl (C=O) groups excluding carboxylic acids is 2. The number of anilines is 2. The monoisotopic (exact) mass is 696 g/mol. The Kier molecular flexibility index (Phi) is 16.7. The van der Waals surface area contributed by atoms with E-state index in [1.165, 1.54) is 102 Å². The van der Waals surface area contributed by atoms with Crippen LogP contribution in [0.4, 0.5) is 26.0 Å². The lowest BCUT2D eigenvalue weighted by molar-refractivity contribution is -0.0723. The van der Waals surface area contributed by atoms with Crippen molar-refractivity contribution in [3.05, 3.63) is 40.8 Å². The highest BCUT2D eigenvalue weighted by Gasteiger charge is 2.34. The highest BCUT2D eigenvalue weighted by molar-refractivity contribution is 7.16. The summed E-state index contributed by atoms with van der Waals surface area (Å²) in [4.78, 5) is 38.4. The van der Waals surface area contributed by atoms with Gasteiger partial charge in [0.25, 0.3) is 0 Å². The zero-order valence-electron chi connectivity index (χ0n) is 30.6. The van der Waals surface area contributed by atoms with Crippen LogP contribution in [-0.4, -0.2) is 74.0 Å². The molecule has 1 fully saturated rings.